The van der Waals surface area contributed by atoms with Crippen LogP contribution < -0.4 is 5.73 Å². The molecular formula is C10H12N3O+. The maximum Gasteiger partial charge on any atom is 0.322 e. The number of ketones is 1. The van der Waals surface area contributed by atoms with Crippen LogP contribution in [0.1, 0.15) is 12.8 Å². The normalized spacial score (nSPS) is 16.6. The van der Waals surface area contributed by atoms with Gasteiger partial charge in [0.05, 0.1) is 24.9 Å². The topological polar surface area (TPSA) is 59.0 Å². The predicted octanol–water partition coefficient (Wildman–Crippen LogP) is 0.742. The fourth-order valence-electron chi connectivity index (χ4n) is 1.43. The van der Waals surface area contributed by atoms with Gasteiger partial charge in [0.1, 0.15) is 5.78 Å². The molecular weight excluding hydrogens is 178 g/mol. The quantitative estimate of drug-likeness (QED) is 0.664. The van der Waals surface area contributed by atoms with Gasteiger partial charge in [-0.05, 0) is 11.1 Å². The third-order valence-corrected chi connectivity index (χ3v) is 2.24. The van der Waals surface area contributed by atoms with E-state index < -0.39 is 0 Å². The first-order valence-electron chi connectivity index (χ1n) is 4.59. The van der Waals surface area contributed by atoms with Crippen molar-refractivity contribution < 1.29 is 9.37 Å². The zero-order valence-corrected chi connectivity index (χ0v) is 7.81. The maximum absolute atomic E-state index is 11.0. The monoisotopic (exact) mass is 190 g/mol. The van der Waals surface area contributed by atoms with E-state index in [0.29, 0.717) is 18.5 Å². The molecule has 1 aromatic rings. The average Bonchev–Trinajstić information content (AvgIpc) is 2.21. The number of nitrogens with zero attached hydrogens (tertiary/aromatic N) is 2. The van der Waals surface area contributed by atoms with Gasteiger partial charge in [0.25, 0.3) is 0 Å². The van der Waals surface area contributed by atoms with E-state index in [2.05, 4.69) is 4.98 Å². The Bertz CT molecular complexity index is 381. The van der Waals surface area contributed by atoms with Crippen LogP contribution in [0.15, 0.2) is 18.3 Å². The molecule has 72 valence electrons. The Balaban J connectivity index is 2.23. The summed E-state index contributed by atoms with van der Waals surface area (Å²) in [5.74, 6) is 1.14. The Morgan fingerprint density at radius 1 is 1.43 bits per heavy atom. The standard InChI is InChI=1S/C10H12N3O/c11-8-1-2-10(12-7-8)13-5-3-9(14)4-6-13/h1-2,5,7H,3-4,6,11H2/q+1. The van der Waals surface area contributed by atoms with Crippen molar-refractivity contribution in [3.05, 3.63) is 18.3 Å². The number of carbonyl (C=O) groups is 1. The van der Waals surface area contributed by atoms with E-state index in [-0.39, 0.29) is 5.78 Å². The Hall–Kier alpha value is -1.71. The van der Waals surface area contributed by atoms with Crippen LogP contribution >= 0.6 is 0 Å². The van der Waals surface area contributed by atoms with Gasteiger partial charge in [-0.15, -0.1) is 0 Å². The molecule has 0 fully saturated rings. The van der Waals surface area contributed by atoms with Crippen LogP contribution in [-0.4, -0.2) is 28.1 Å². The van der Waals surface area contributed by atoms with Crippen molar-refractivity contribution in [1.29, 1.82) is 0 Å². The summed E-state index contributed by atoms with van der Waals surface area (Å²) in [6.07, 6.45) is 4.61. The lowest BCUT2D eigenvalue weighted by atomic mass is 10.2. The molecule has 4 nitrogen and oxygen atoms in total. The third kappa shape index (κ3) is 1.79. The molecule has 0 unspecified atom stereocenters. The lowest BCUT2D eigenvalue weighted by Gasteiger charge is -2.07. The van der Waals surface area contributed by atoms with Gasteiger partial charge in [-0.2, -0.15) is 0 Å². The highest BCUT2D eigenvalue weighted by molar-refractivity contribution is 5.91. The molecule has 0 amide bonds. The summed E-state index contributed by atoms with van der Waals surface area (Å²) in [4.78, 5) is 15.2. The minimum atomic E-state index is 0.289. The number of anilines is 1. The molecule has 2 heterocycles. The fraction of sp³-hybridized carbons (Fsp3) is 0.300. The lowest BCUT2D eigenvalue weighted by Crippen LogP contribution is -2.21. The van der Waals surface area contributed by atoms with Crippen LogP contribution in [0.4, 0.5) is 11.5 Å². The highest BCUT2D eigenvalue weighted by Crippen LogP contribution is 2.12. The minimum Gasteiger partial charge on any atom is -0.396 e. The first-order chi connectivity index (χ1) is 6.75. The summed E-state index contributed by atoms with van der Waals surface area (Å²) >= 11 is 0. The number of nitrogen functional groups attached to an aromatic ring is 1. The van der Waals surface area contributed by atoms with Gasteiger partial charge in [0.2, 0.25) is 0 Å². The summed E-state index contributed by atoms with van der Waals surface area (Å²) in [5.41, 5.74) is 6.19. The molecule has 1 aliphatic rings. The van der Waals surface area contributed by atoms with E-state index in [1.54, 1.807) is 6.20 Å². The van der Waals surface area contributed by atoms with Crippen LogP contribution in [0, 0.1) is 0 Å². The largest absolute Gasteiger partial charge is 0.396 e. The lowest BCUT2D eigenvalue weighted by molar-refractivity contribution is -0.441. The number of Topliss-reactive ketones (excluding diaryl/α,β-unsaturated/α-hetero) is 1. The second-order valence-electron chi connectivity index (χ2n) is 3.32. The summed E-state index contributed by atoms with van der Waals surface area (Å²) < 4.78 is 1.99. The van der Waals surface area contributed by atoms with E-state index in [1.807, 2.05) is 22.9 Å². The summed E-state index contributed by atoms with van der Waals surface area (Å²) in [5, 5.41) is 0. The van der Waals surface area contributed by atoms with Crippen molar-refractivity contribution in [1.82, 2.24) is 4.98 Å². The SMILES string of the molecule is Nc1ccc([N+]2=CCC(=O)CC2)nc1. The van der Waals surface area contributed by atoms with Gasteiger partial charge in [0.15, 0.2) is 6.20 Å². The summed E-state index contributed by atoms with van der Waals surface area (Å²) in [6, 6.07) is 3.67. The molecule has 2 N–H and O–H groups in total. The minimum absolute atomic E-state index is 0.289. The van der Waals surface area contributed by atoms with Crippen molar-refractivity contribution in [2.75, 3.05) is 12.3 Å². The molecule has 4 heteroatoms. The van der Waals surface area contributed by atoms with Crippen LogP contribution in [-0.2, 0) is 4.79 Å². The van der Waals surface area contributed by atoms with Gasteiger partial charge in [-0.1, -0.05) is 0 Å². The van der Waals surface area contributed by atoms with Gasteiger partial charge in [0, 0.05) is 12.5 Å². The first kappa shape index (κ1) is 8.87. The highest BCUT2D eigenvalue weighted by atomic mass is 16.1. The van der Waals surface area contributed by atoms with Crippen molar-refractivity contribution in [2.24, 2.45) is 0 Å². The number of hydrogen-bond donors (Lipinski definition) is 1. The maximum atomic E-state index is 11.0. The molecule has 0 bridgehead atoms. The number of aromatic nitrogens is 1. The van der Waals surface area contributed by atoms with Crippen molar-refractivity contribution in [2.45, 2.75) is 12.8 Å². The van der Waals surface area contributed by atoms with E-state index in [0.717, 1.165) is 12.4 Å². The number of rotatable bonds is 1. The Morgan fingerprint density at radius 2 is 2.29 bits per heavy atom. The molecule has 0 spiro atoms. The first-order valence-corrected chi connectivity index (χ1v) is 4.59. The van der Waals surface area contributed by atoms with Crippen LogP contribution in [0.3, 0.4) is 0 Å². The van der Waals surface area contributed by atoms with E-state index in [4.69, 9.17) is 5.73 Å². The number of hydrogen-bond acceptors (Lipinski definition) is 3. The number of pyridine rings is 1. The van der Waals surface area contributed by atoms with Gasteiger partial charge >= 0.3 is 5.82 Å². The molecule has 0 radical (unpaired) electrons. The highest BCUT2D eigenvalue weighted by Gasteiger charge is 2.16. The van der Waals surface area contributed by atoms with Crippen molar-refractivity contribution in [3.63, 3.8) is 0 Å². The molecule has 14 heavy (non-hydrogen) atoms. The average molecular weight is 190 g/mol. The molecule has 0 aliphatic carbocycles. The van der Waals surface area contributed by atoms with E-state index in [1.165, 1.54) is 0 Å². The smallest absolute Gasteiger partial charge is 0.322 e. The second kappa shape index (κ2) is 3.57. The van der Waals surface area contributed by atoms with Crippen LogP contribution in [0.2, 0.25) is 0 Å². The van der Waals surface area contributed by atoms with E-state index in [9.17, 15) is 4.79 Å². The van der Waals surface area contributed by atoms with E-state index >= 15 is 0 Å². The third-order valence-electron chi connectivity index (χ3n) is 2.24. The summed E-state index contributed by atoms with van der Waals surface area (Å²) in [6.45, 7) is 0.718. The molecule has 0 atom stereocenters. The Morgan fingerprint density at radius 3 is 2.86 bits per heavy atom. The Kier molecular flexibility index (Phi) is 2.26. The molecule has 0 aromatic carbocycles. The van der Waals surface area contributed by atoms with Gasteiger partial charge in [-0.25, -0.2) is 4.58 Å². The molecule has 0 saturated carbocycles. The zero-order valence-electron chi connectivity index (χ0n) is 7.81. The van der Waals surface area contributed by atoms with Crippen molar-refractivity contribution in [3.8, 4) is 0 Å². The van der Waals surface area contributed by atoms with Crippen molar-refractivity contribution >= 4 is 23.5 Å². The zero-order chi connectivity index (χ0) is 9.97. The Labute approximate surface area is 82.1 Å². The predicted molar refractivity (Wildman–Crippen MR) is 53.7 cm³/mol. The molecule has 1 aromatic heterocycles. The molecule has 1 aliphatic heterocycles. The van der Waals surface area contributed by atoms with Crippen LogP contribution in [0.25, 0.3) is 0 Å². The number of nitrogens with two attached hydrogens (primary N) is 1. The van der Waals surface area contributed by atoms with Crippen LogP contribution in [0.5, 0.6) is 0 Å². The summed E-state index contributed by atoms with van der Waals surface area (Å²) in [7, 11) is 0. The fourth-order valence-corrected chi connectivity index (χ4v) is 1.43. The van der Waals surface area contributed by atoms with Gasteiger partial charge < -0.3 is 5.73 Å². The molecule has 0 saturated heterocycles. The second-order valence-corrected chi connectivity index (χ2v) is 3.32. The van der Waals surface area contributed by atoms with Gasteiger partial charge in [-0.3, -0.25) is 4.79 Å². The molecule has 2 rings (SSSR count). The number of carbonyl (C=O) groups excluding carboxylic acids is 1.